The Morgan fingerprint density at radius 2 is 2.19 bits per heavy atom. The second-order valence-electron chi connectivity index (χ2n) is 4.39. The lowest BCUT2D eigenvalue weighted by Gasteiger charge is -2.08. The minimum atomic E-state index is -0.427. The number of anilines is 1. The Bertz CT molecular complexity index is 820. The molecular weight excluding hydrogens is 297 g/mol. The summed E-state index contributed by atoms with van der Waals surface area (Å²) in [4.78, 5) is 8.47. The minimum absolute atomic E-state index is 0.0661. The lowest BCUT2D eigenvalue weighted by atomic mass is 10.3. The molecule has 0 aliphatic rings. The molecule has 2 aromatic heterocycles. The molecule has 21 heavy (non-hydrogen) atoms. The number of rotatable bonds is 3. The fourth-order valence-corrected chi connectivity index (χ4v) is 2.11. The van der Waals surface area contributed by atoms with Gasteiger partial charge >= 0.3 is 0 Å². The van der Waals surface area contributed by atoms with Gasteiger partial charge in [0, 0.05) is 7.05 Å². The zero-order chi connectivity index (χ0) is 15.0. The van der Waals surface area contributed by atoms with Crippen molar-refractivity contribution in [2.75, 3.05) is 5.73 Å². The van der Waals surface area contributed by atoms with Crippen molar-refractivity contribution in [3.63, 3.8) is 0 Å². The van der Waals surface area contributed by atoms with E-state index in [0.29, 0.717) is 28.4 Å². The first-order valence-corrected chi connectivity index (χ1v) is 6.44. The standard InChI is InChI=1S/C13H11ClFN5O/c1-20-13-8(5-17-20)12(16)18-11(19-13)6-21-10-3-2-7(15)4-9(10)14/h2-5H,6H2,1H3,(H2,16,18,19). The van der Waals surface area contributed by atoms with Crippen LogP contribution in [0.2, 0.25) is 5.02 Å². The van der Waals surface area contributed by atoms with Crippen LogP contribution in [0.4, 0.5) is 10.2 Å². The zero-order valence-corrected chi connectivity index (χ0v) is 11.8. The summed E-state index contributed by atoms with van der Waals surface area (Å²) in [6.07, 6.45) is 1.60. The van der Waals surface area contributed by atoms with Crippen LogP contribution in [0.25, 0.3) is 11.0 Å². The third-order valence-electron chi connectivity index (χ3n) is 2.92. The molecule has 0 unspecified atom stereocenters. The molecule has 0 aliphatic carbocycles. The number of hydrogen-bond acceptors (Lipinski definition) is 5. The molecule has 0 spiro atoms. The van der Waals surface area contributed by atoms with Crippen LogP contribution in [0, 0.1) is 5.82 Å². The van der Waals surface area contributed by atoms with Gasteiger partial charge in [-0.1, -0.05) is 11.6 Å². The average Bonchev–Trinajstić information content (AvgIpc) is 2.80. The van der Waals surface area contributed by atoms with Gasteiger partial charge in [0.25, 0.3) is 0 Å². The van der Waals surface area contributed by atoms with Gasteiger partial charge in [-0.15, -0.1) is 0 Å². The molecule has 0 fully saturated rings. The van der Waals surface area contributed by atoms with Crippen LogP contribution in [0.15, 0.2) is 24.4 Å². The maximum Gasteiger partial charge on any atom is 0.170 e. The number of nitrogens with two attached hydrogens (primary N) is 1. The molecule has 0 saturated carbocycles. The molecule has 0 atom stereocenters. The third kappa shape index (κ3) is 2.59. The predicted octanol–water partition coefficient (Wildman–Crippen LogP) is 2.32. The predicted molar refractivity (Wildman–Crippen MR) is 76.5 cm³/mol. The van der Waals surface area contributed by atoms with E-state index in [2.05, 4.69) is 15.1 Å². The summed E-state index contributed by atoms with van der Waals surface area (Å²) < 4.78 is 20.0. The summed E-state index contributed by atoms with van der Waals surface area (Å²) in [6.45, 7) is 0.0661. The first kappa shape index (κ1) is 13.6. The molecule has 108 valence electrons. The van der Waals surface area contributed by atoms with E-state index in [9.17, 15) is 4.39 Å². The number of ether oxygens (including phenoxy) is 1. The van der Waals surface area contributed by atoms with Gasteiger partial charge in [0.05, 0.1) is 16.6 Å². The number of aryl methyl sites for hydroxylation is 1. The van der Waals surface area contributed by atoms with E-state index in [0.717, 1.165) is 0 Å². The Morgan fingerprint density at radius 1 is 1.38 bits per heavy atom. The summed E-state index contributed by atoms with van der Waals surface area (Å²) in [5.41, 5.74) is 6.47. The van der Waals surface area contributed by atoms with Gasteiger partial charge in [-0.25, -0.2) is 14.4 Å². The van der Waals surface area contributed by atoms with Crippen LogP contribution in [0.5, 0.6) is 5.75 Å². The Kier molecular flexibility index (Phi) is 3.34. The van der Waals surface area contributed by atoms with Gasteiger partial charge in [-0.3, -0.25) is 4.68 Å². The molecule has 0 bridgehead atoms. The van der Waals surface area contributed by atoms with Crippen molar-refractivity contribution in [2.24, 2.45) is 7.05 Å². The van der Waals surface area contributed by atoms with Crippen molar-refractivity contribution >= 4 is 28.5 Å². The zero-order valence-electron chi connectivity index (χ0n) is 11.0. The van der Waals surface area contributed by atoms with E-state index in [4.69, 9.17) is 22.1 Å². The Hall–Kier alpha value is -2.41. The Labute approximate surface area is 124 Å². The number of nitrogens with zero attached hydrogens (tertiary/aromatic N) is 4. The van der Waals surface area contributed by atoms with Gasteiger partial charge < -0.3 is 10.5 Å². The SMILES string of the molecule is Cn1ncc2c(N)nc(COc3ccc(F)cc3Cl)nc21. The van der Waals surface area contributed by atoms with Crippen molar-refractivity contribution in [1.29, 1.82) is 0 Å². The second-order valence-corrected chi connectivity index (χ2v) is 4.80. The van der Waals surface area contributed by atoms with Crippen molar-refractivity contribution in [2.45, 2.75) is 6.61 Å². The van der Waals surface area contributed by atoms with Crippen molar-refractivity contribution in [3.05, 3.63) is 41.1 Å². The smallest absolute Gasteiger partial charge is 0.170 e. The summed E-state index contributed by atoms with van der Waals surface area (Å²) in [6, 6.07) is 3.89. The van der Waals surface area contributed by atoms with Gasteiger partial charge in [-0.05, 0) is 18.2 Å². The molecule has 6 nitrogen and oxygen atoms in total. The molecule has 3 aromatic rings. The molecule has 2 N–H and O–H groups in total. The van der Waals surface area contributed by atoms with E-state index < -0.39 is 5.82 Å². The third-order valence-corrected chi connectivity index (χ3v) is 3.21. The van der Waals surface area contributed by atoms with Gasteiger partial charge in [-0.2, -0.15) is 5.10 Å². The molecule has 0 radical (unpaired) electrons. The monoisotopic (exact) mass is 307 g/mol. The van der Waals surface area contributed by atoms with Crippen LogP contribution >= 0.6 is 11.6 Å². The highest BCUT2D eigenvalue weighted by Crippen LogP contribution is 2.25. The summed E-state index contributed by atoms with van der Waals surface area (Å²) in [5.74, 6) is 0.649. The molecular formula is C13H11ClFN5O. The van der Waals surface area contributed by atoms with E-state index in [1.807, 2.05) is 0 Å². The lowest BCUT2D eigenvalue weighted by molar-refractivity contribution is 0.296. The fraction of sp³-hybridized carbons (Fsp3) is 0.154. The molecule has 8 heteroatoms. The summed E-state index contributed by atoms with van der Waals surface area (Å²) in [7, 11) is 1.76. The number of nitrogen functional groups attached to an aromatic ring is 1. The van der Waals surface area contributed by atoms with Crippen molar-refractivity contribution < 1.29 is 9.13 Å². The number of hydrogen-bond donors (Lipinski definition) is 1. The van der Waals surface area contributed by atoms with E-state index in [1.54, 1.807) is 17.9 Å². The molecule has 0 aliphatic heterocycles. The Morgan fingerprint density at radius 3 is 2.95 bits per heavy atom. The number of aromatic nitrogens is 4. The van der Waals surface area contributed by atoms with E-state index in [1.165, 1.54) is 18.2 Å². The second kappa shape index (κ2) is 5.17. The lowest BCUT2D eigenvalue weighted by Crippen LogP contribution is -2.06. The minimum Gasteiger partial charge on any atom is -0.484 e. The van der Waals surface area contributed by atoms with Crippen LogP contribution in [0.1, 0.15) is 5.82 Å². The van der Waals surface area contributed by atoms with Crippen LogP contribution < -0.4 is 10.5 Å². The maximum atomic E-state index is 13.0. The Balaban J connectivity index is 1.86. The number of benzene rings is 1. The summed E-state index contributed by atoms with van der Waals surface area (Å²) >= 11 is 5.89. The van der Waals surface area contributed by atoms with Gasteiger partial charge in [0.1, 0.15) is 24.0 Å². The van der Waals surface area contributed by atoms with Crippen LogP contribution in [0.3, 0.4) is 0 Å². The van der Waals surface area contributed by atoms with Gasteiger partial charge in [0.2, 0.25) is 0 Å². The molecule has 2 heterocycles. The quantitative estimate of drug-likeness (QED) is 0.803. The molecule has 3 rings (SSSR count). The fourth-order valence-electron chi connectivity index (χ4n) is 1.89. The summed E-state index contributed by atoms with van der Waals surface area (Å²) in [5, 5.41) is 4.94. The largest absolute Gasteiger partial charge is 0.484 e. The topological polar surface area (TPSA) is 78.9 Å². The first-order chi connectivity index (χ1) is 10.0. The molecule has 0 saturated heterocycles. The number of fused-ring (bicyclic) bond motifs is 1. The van der Waals surface area contributed by atoms with Gasteiger partial charge in [0.15, 0.2) is 11.5 Å². The molecule has 1 aromatic carbocycles. The molecule has 0 amide bonds. The normalized spacial score (nSPS) is 11.0. The van der Waals surface area contributed by atoms with E-state index >= 15 is 0 Å². The highest BCUT2D eigenvalue weighted by Gasteiger charge is 2.10. The van der Waals surface area contributed by atoms with Crippen molar-refractivity contribution in [1.82, 2.24) is 19.7 Å². The number of halogens is 2. The van der Waals surface area contributed by atoms with E-state index in [-0.39, 0.29) is 11.6 Å². The highest BCUT2D eigenvalue weighted by atomic mass is 35.5. The first-order valence-electron chi connectivity index (χ1n) is 6.06. The maximum absolute atomic E-state index is 13.0. The van der Waals surface area contributed by atoms with Crippen LogP contribution in [-0.4, -0.2) is 19.7 Å². The van der Waals surface area contributed by atoms with Crippen LogP contribution in [-0.2, 0) is 13.7 Å². The highest BCUT2D eigenvalue weighted by molar-refractivity contribution is 6.32. The van der Waals surface area contributed by atoms with Crippen molar-refractivity contribution in [3.8, 4) is 5.75 Å². The average molecular weight is 308 g/mol.